The van der Waals surface area contributed by atoms with Gasteiger partial charge in [-0.3, -0.25) is 4.90 Å². The average Bonchev–Trinajstić information content (AvgIpc) is 2.64. The number of esters is 1. The fraction of sp³-hybridized carbons (Fsp3) is 0.474. The normalized spacial score (nSPS) is 17.8. The summed E-state index contributed by atoms with van der Waals surface area (Å²) in [6.45, 7) is 4.72. The van der Waals surface area contributed by atoms with Gasteiger partial charge >= 0.3 is 18.2 Å². The highest BCUT2D eigenvalue weighted by molar-refractivity contribution is 5.95. The number of nitrogens with zero attached hydrogens (tertiary/aromatic N) is 2. The van der Waals surface area contributed by atoms with E-state index in [-0.39, 0.29) is 12.2 Å². The zero-order chi connectivity index (χ0) is 21.1. The Bertz CT molecular complexity index is 760. The molecule has 0 bridgehead atoms. The molecule has 6 nitrogen and oxygen atoms in total. The van der Waals surface area contributed by atoms with Crippen molar-refractivity contribution in [3.8, 4) is 0 Å². The molecule has 2 rings (SSSR count). The summed E-state index contributed by atoms with van der Waals surface area (Å²) in [7, 11) is 3.37. The molecule has 0 saturated heterocycles. The molecule has 0 fully saturated rings. The number of urea groups is 1. The van der Waals surface area contributed by atoms with E-state index in [1.54, 1.807) is 6.92 Å². The second-order valence-electron chi connectivity index (χ2n) is 6.47. The van der Waals surface area contributed by atoms with E-state index in [1.165, 1.54) is 24.1 Å². The van der Waals surface area contributed by atoms with Crippen LogP contribution < -0.4 is 5.32 Å². The zero-order valence-corrected chi connectivity index (χ0v) is 16.3. The molecule has 1 aliphatic heterocycles. The lowest BCUT2D eigenvalue weighted by Crippen LogP contribution is -2.49. The molecule has 1 N–H and O–H groups in total. The first-order chi connectivity index (χ1) is 13.1. The van der Waals surface area contributed by atoms with Gasteiger partial charge in [0.1, 0.15) is 0 Å². The van der Waals surface area contributed by atoms with Crippen LogP contribution in [0.4, 0.5) is 18.0 Å². The van der Waals surface area contributed by atoms with Crippen molar-refractivity contribution in [2.45, 2.75) is 26.1 Å². The summed E-state index contributed by atoms with van der Waals surface area (Å²) in [6.07, 6.45) is -4.47. The molecule has 1 heterocycles. The second kappa shape index (κ2) is 8.64. The Balaban J connectivity index is 2.55. The predicted octanol–water partition coefficient (Wildman–Crippen LogP) is 3.17. The second-order valence-corrected chi connectivity index (χ2v) is 6.47. The molecular weight excluding hydrogens is 375 g/mol. The van der Waals surface area contributed by atoms with Crippen LogP contribution in [0.1, 0.15) is 31.0 Å². The number of hydrogen-bond acceptors (Lipinski definition) is 4. The van der Waals surface area contributed by atoms with Crippen LogP contribution in [0.15, 0.2) is 35.5 Å². The summed E-state index contributed by atoms with van der Waals surface area (Å²) < 4.78 is 43.7. The van der Waals surface area contributed by atoms with Crippen molar-refractivity contribution >= 4 is 12.0 Å². The number of hydrogen-bond donors (Lipinski definition) is 1. The molecule has 0 spiro atoms. The lowest BCUT2D eigenvalue weighted by molar-refractivity contribution is -0.139. The first kappa shape index (κ1) is 21.7. The molecule has 1 aliphatic rings. The Hall–Kier alpha value is -2.55. The molecule has 154 valence electrons. The smallest absolute Gasteiger partial charge is 0.416 e. The number of benzene rings is 1. The van der Waals surface area contributed by atoms with Gasteiger partial charge in [-0.2, -0.15) is 13.2 Å². The first-order valence-corrected chi connectivity index (χ1v) is 8.90. The first-order valence-electron chi connectivity index (χ1n) is 8.90. The van der Waals surface area contributed by atoms with Gasteiger partial charge in [-0.25, -0.2) is 9.59 Å². The van der Waals surface area contributed by atoms with E-state index in [0.717, 1.165) is 12.1 Å². The fourth-order valence-corrected chi connectivity index (χ4v) is 2.88. The van der Waals surface area contributed by atoms with Gasteiger partial charge < -0.3 is 15.0 Å². The standard InChI is InChI=1S/C19H24F3N3O3/c1-5-24(3)11-14-15(17(26)28-6-2)16(23-18(27)25(14)4)12-7-9-13(10-8-12)19(20,21)22/h7-10,16H,5-6,11H2,1-4H3,(H,23,27). The SMILES string of the molecule is CCOC(=O)C1=C(CN(C)CC)N(C)C(=O)NC1c1ccc(C(F)(F)F)cc1. The van der Waals surface area contributed by atoms with Crippen molar-refractivity contribution in [3.05, 3.63) is 46.7 Å². The third-order valence-electron chi connectivity index (χ3n) is 4.60. The quantitative estimate of drug-likeness (QED) is 0.747. The van der Waals surface area contributed by atoms with E-state index in [2.05, 4.69) is 5.32 Å². The maximum absolute atomic E-state index is 12.9. The van der Waals surface area contributed by atoms with Gasteiger partial charge in [0.15, 0.2) is 0 Å². The summed E-state index contributed by atoms with van der Waals surface area (Å²) >= 11 is 0. The van der Waals surface area contributed by atoms with Crippen LogP contribution in [-0.2, 0) is 15.7 Å². The third-order valence-corrected chi connectivity index (χ3v) is 4.60. The molecule has 1 aromatic carbocycles. The molecule has 9 heteroatoms. The Morgan fingerprint density at radius 1 is 1.25 bits per heavy atom. The van der Waals surface area contributed by atoms with Crippen molar-refractivity contribution in [3.63, 3.8) is 0 Å². The van der Waals surface area contributed by atoms with Gasteiger partial charge in [-0.1, -0.05) is 19.1 Å². The Kier molecular flexibility index (Phi) is 6.71. The zero-order valence-electron chi connectivity index (χ0n) is 16.3. The highest BCUT2D eigenvalue weighted by Crippen LogP contribution is 2.34. The van der Waals surface area contributed by atoms with Gasteiger partial charge in [0.25, 0.3) is 0 Å². The van der Waals surface area contributed by atoms with E-state index in [4.69, 9.17) is 4.74 Å². The molecule has 1 atom stereocenters. The average molecular weight is 399 g/mol. The molecular formula is C19H24F3N3O3. The van der Waals surface area contributed by atoms with Crippen molar-refractivity contribution < 1.29 is 27.5 Å². The van der Waals surface area contributed by atoms with Crippen LogP contribution >= 0.6 is 0 Å². The van der Waals surface area contributed by atoms with Gasteiger partial charge in [-0.15, -0.1) is 0 Å². The summed E-state index contributed by atoms with van der Waals surface area (Å²) in [5.74, 6) is -0.612. The van der Waals surface area contributed by atoms with Crippen LogP contribution in [-0.4, -0.2) is 55.6 Å². The van der Waals surface area contributed by atoms with E-state index in [1.807, 2.05) is 18.9 Å². The van der Waals surface area contributed by atoms with Crippen molar-refractivity contribution in [1.82, 2.24) is 15.1 Å². The number of ether oxygens (including phenoxy) is 1. The number of carbonyl (C=O) groups excluding carboxylic acids is 2. The molecule has 0 saturated carbocycles. The number of alkyl halides is 3. The third kappa shape index (κ3) is 4.64. The fourth-order valence-electron chi connectivity index (χ4n) is 2.88. The van der Waals surface area contributed by atoms with Gasteiger partial charge in [0.05, 0.1) is 23.8 Å². The van der Waals surface area contributed by atoms with Crippen molar-refractivity contribution in [1.29, 1.82) is 0 Å². The molecule has 2 amide bonds. The Morgan fingerprint density at radius 3 is 2.36 bits per heavy atom. The Labute approximate surface area is 161 Å². The number of halogens is 3. The van der Waals surface area contributed by atoms with Crippen LogP contribution in [0.5, 0.6) is 0 Å². The van der Waals surface area contributed by atoms with Crippen LogP contribution in [0.25, 0.3) is 0 Å². The number of amides is 2. The monoisotopic (exact) mass is 399 g/mol. The van der Waals surface area contributed by atoms with E-state index < -0.39 is 29.8 Å². The molecule has 1 aromatic rings. The number of rotatable bonds is 6. The summed E-state index contributed by atoms with van der Waals surface area (Å²) in [5.41, 5.74) is 0.234. The van der Waals surface area contributed by atoms with Crippen LogP contribution in [0.3, 0.4) is 0 Å². The minimum absolute atomic E-state index is 0.136. The minimum Gasteiger partial charge on any atom is -0.463 e. The van der Waals surface area contributed by atoms with Gasteiger partial charge in [-0.05, 0) is 38.2 Å². The largest absolute Gasteiger partial charge is 0.463 e. The highest BCUT2D eigenvalue weighted by Gasteiger charge is 2.37. The topological polar surface area (TPSA) is 61.9 Å². The lowest BCUT2D eigenvalue weighted by Gasteiger charge is -2.36. The van der Waals surface area contributed by atoms with E-state index >= 15 is 0 Å². The van der Waals surface area contributed by atoms with Crippen LogP contribution in [0.2, 0.25) is 0 Å². The van der Waals surface area contributed by atoms with Crippen LogP contribution in [0, 0.1) is 0 Å². The van der Waals surface area contributed by atoms with E-state index in [0.29, 0.717) is 24.4 Å². The lowest BCUT2D eigenvalue weighted by atomic mass is 9.93. The summed E-state index contributed by atoms with van der Waals surface area (Å²) in [5, 5.41) is 2.68. The maximum atomic E-state index is 12.9. The predicted molar refractivity (Wildman–Crippen MR) is 97.3 cm³/mol. The van der Waals surface area contributed by atoms with E-state index in [9.17, 15) is 22.8 Å². The van der Waals surface area contributed by atoms with Crippen molar-refractivity contribution in [2.24, 2.45) is 0 Å². The maximum Gasteiger partial charge on any atom is 0.416 e. The molecule has 1 unspecified atom stereocenters. The molecule has 0 aromatic heterocycles. The summed E-state index contributed by atoms with van der Waals surface area (Å²) in [6, 6.07) is 3.04. The number of carbonyl (C=O) groups is 2. The van der Waals surface area contributed by atoms with Crippen molar-refractivity contribution in [2.75, 3.05) is 33.8 Å². The number of nitrogens with one attached hydrogen (secondary N) is 1. The molecule has 0 radical (unpaired) electrons. The van der Waals surface area contributed by atoms with Gasteiger partial charge in [0, 0.05) is 19.3 Å². The Morgan fingerprint density at radius 2 is 1.86 bits per heavy atom. The number of likely N-dealkylation sites (N-methyl/N-ethyl adjacent to an activating group) is 2. The van der Waals surface area contributed by atoms with Gasteiger partial charge in [0.2, 0.25) is 0 Å². The highest BCUT2D eigenvalue weighted by atomic mass is 19.4. The summed E-state index contributed by atoms with van der Waals surface area (Å²) in [4.78, 5) is 28.4. The minimum atomic E-state index is -4.47. The molecule has 0 aliphatic carbocycles. The molecule has 28 heavy (non-hydrogen) atoms.